The van der Waals surface area contributed by atoms with E-state index in [4.69, 9.17) is 5.11 Å². The lowest BCUT2D eigenvalue weighted by Crippen LogP contribution is -2.22. The third kappa shape index (κ3) is 2.67. The van der Waals surface area contributed by atoms with E-state index in [9.17, 15) is 9.59 Å². The molecule has 0 aliphatic heterocycles. The number of hydrogen-bond donors (Lipinski definition) is 1. The molecule has 0 spiro atoms. The lowest BCUT2D eigenvalue weighted by Gasteiger charge is -2.13. The molecule has 0 atom stereocenters. The number of aryl methyl sites for hydroxylation is 1. The number of benzene rings is 1. The summed E-state index contributed by atoms with van der Waals surface area (Å²) in [5, 5.41) is 9.78. The van der Waals surface area contributed by atoms with Crippen molar-refractivity contribution >= 4 is 16.9 Å². The van der Waals surface area contributed by atoms with Crippen LogP contribution in [0, 0.1) is 5.92 Å². The molecule has 100 valence electrons. The van der Waals surface area contributed by atoms with Gasteiger partial charge in [-0.25, -0.2) is 4.79 Å². The summed E-state index contributed by atoms with van der Waals surface area (Å²) in [4.78, 5) is 23.3. The summed E-state index contributed by atoms with van der Waals surface area (Å²) in [5.41, 5.74) is 0.506. The topological polar surface area (TPSA) is 59.3 Å². The zero-order valence-electron chi connectivity index (χ0n) is 11.1. The van der Waals surface area contributed by atoms with E-state index in [-0.39, 0.29) is 11.1 Å². The summed E-state index contributed by atoms with van der Waals surface area (Å²) in [6.07, 6.45) is 0.885. The minimum Gasteiger partial charge on any atom is -0.478 e. The number of carbonyl (C=O) groups is 1. The molecule has 1 N–H and O–H groups in total. The predicted molar refractivity (Wildman–Crippen MR) is 74.6 cm³/mol. The SMILES string of the molecule is CC(C)CCn1c(=O)cc(C(=O)O)c2ccccc21. The molecule has 1 aromatic heterocycles. The summed E-state index contributed by atoms with van der Waals surface area (Å²) in [5.74, 6) is -0.575. The van der Waals surface area contributed by atoms with Crippen LogP contribution in [0.15, 0.2) is 35.1 Å². The first-order chi connectivity index (χ1) is 9.00. The van der Waals surface area contributed by atoms with E-state index in [0.29, 0.717) is 23.4 Å². The summed E-state index contributed by atoms with van der Waals surface area (Å²) in [6.45, 7) is 4.80. The zero-order valence-corrected chi connectivity index (χ0v) is 11.1. The van der Waals surface area contributed by atoms with Crippen molar-refractivity contribution in [3.05, 3.63) is 46.2 Å². The number of fused-ring (bicyclic) bond motifs is 1. The van der Waals surface area contributed by atoms with Crippen molar-refractivity contribution in [3.63, 3.8) is 0 Å². The minimum atomic E-state index is -1.07. The molecule has 0 amide bonds. The molecule has 1 heterocycles. The summed E-state index contributed by atoms with van der Waals surface area (Å²) < 4.78 is 1.65. The minimum absolute atomic E-state index is 0.0707. The zero-order chi connectivity index (χ0) is 14.0. The number of carboxylic acids is 1. The van der Waals surface area contributed by atoms with E-state index < -0.39 is 5.97 Å². The van der Waals surface area contributed by atoms with Crippen molar-refractivity contribution in [1.29, 1.82) is 0 Å². The molecule has 2 aromatic rings. The number of pyridine rings is 1. The van der Waals surface area contributed by atoms with Crippen molar-refractivity contribution < 1.29 is 9.90 Å². The van der Waals surface area contributed by atoms with E-state index in [1.165, 1.54) is 6.07 Å². The highest BCUT2D eigenvalue weighted by Gasteiger charge is 2.13. The molecule has 0 fully saturated rings. The molecule has 1 aromatic carbocycles. The Kier molecular flexibility index (Phi) is 3.69. The second kappa shape index (κ2) is 5.26. The fourth-order valence-corrected chi connectivity index (χ4v) is 2.13. The van der Waals surface area contributed by atoms with Crippen LogP contribution in [0.1, 0.15) is 30.6 Å². The molecule has 4 nitrogen and oxygen atoms in total. The van der Waals surface area contributed by atoms with Crippen molar-refractivity contribution in [2.24, 2.45) is 5.92 Å². The predicted octanol–water partition coefficient (Wildman–Crippen LogP) is 2.75. The van der Waals surface area contributed by atoms with Crippen molar-refractivity contribution in [2.75, 3.05) is 0 Å². The van der Waals surface area contributed by atoms with Crippen molar-refractivity contribution in [1.82, 2.24) is 4.57 Å². The number of carboxylic acid groups (broad SMARTS) is 1. The van der Waals surface area contributed by atoms with Gasteiger partial charge in [-0.1, -0.05) is 32.0 Å². The van der Waals surface area contributed by atoms with Crippen LogP contribution in [-0.4, -0.2) is 15.6 Å². The molecule has 0 unspecified atom stereocenters. The molecule has 4 heteroatoms. The Bertz CT molecular complexity index is 671. The van der Waals surface area contributed by atoms with Gasteiger partial charge in [0.15, 0.2) is 0 Å². The maximum Gasteiger partial charge on any atom is 0.336 e. The number of hydrogen-bond acceptors (Lipinski definition) is 2. The van der Waals surface area contributed by atoms with Crippen LogP contribution in [-0.2, 0) is 6.54 Å². The molecular weight excluding hydrogens is 242 g/mol. The Hall–Kier alpha value is -2.10. The lowest BCUT2D eigenvalue weighted by molar-refractivity contribution is 0.0698. The largest absolute Gasteiger partial charge is 0.478 e. The second-order valence-electron chi connectivity index (χ2n) is 5.05. The molecule has 0 aliphatic rings. The number of nitrogens with zero attached hydrogens (tertiary/aromatic N) is 1. The molecule has 2 rings (SSSR count). The standard InChI is InChI=1S/C15H17NO3/c1-10(2)7-8-16-13-6-4-3-5-11(13)12(15(18)19)9-14(16)17/h3-6,9-10H,7-8H2,1-2H3,(H,18,19). The van der Waals surface area contributed by atoms with Crippen LogP contribution >= 0.6 is 0 Å². The normalized spacial score (nSPS) is 11.1. The average molecular weight is 259 g/mol. The first kappa shape index (κ1) is 13.3. The van der Waals surface area contributed by atoms with Gasteiger partial charge in [0, 0.05) is 18.0 Å². The number of aromatic nitrogens is 1. The van der Waals surface area contributed by atoms with Crippen LogP contribution in [0.3, 0.4) is 0 Å². The van der Waals surface area contributed by atoms with Crippen LogP contribution < -0.4 is 5.56 Å². The molecule has 0 radical (unpaired) electrons. The van der Waals surface area contributed by atoms with Crippen LogP contribution in [0.2, 0.25) is 0 Å². The molecule has 0 bridgehead atoms. The maximum atomic E-state index is 12.1. The Morgan fingerprint density at radius 3 is 2.63 bits per heavy atom. The van der Waals surface area contributed by atoms with Gasteiger partial charge in [0.2, 0.25) is 0 Å². The summed E-state index contributed by atoms with van der Waals surface area (Å²) in [7, 11) is 0. The lowest BCUT2D eigenvalue weighted by atomic mass is 10.1. The van der Waals surface area contributed by atoms with Gasteiger partial charge in [-0.05, 0) is 18.4 Å². The van der Waals surface area contributed by atoms with Gasteiger partial charge in [-0.3, -0.25) is 4.79 Å². The van der Waals surface area contributed by atoms with E-state index >= 15 is 0 Å². The fourth-order valence-electron chi connectivity index (χ4n) is 2.13. The highest BCUT2D eigenvalue weighted by atomic mass is 16.4. The van der Waals surface area contributed by atoms with Gasteiger partial charge >= 0.3 is 5.97 Å². The van der Waals surface area contributed by atoms with E-state index in [2.05, 4.69) is 13.8 Å². The second-order valence-corrected chi connectivity index (χ2v) is 5.05. The van der Waals surface area contributed by atoms with E-state index in [1.807, 2.05) is 6.07 Å². The third-order valence-electron chi connectivity index (χ3n) is 3.18. The van der Waals surface area contributed by atoms with Gasteiger partial charge in [0.25, 0.3) is 5.56 Å². The molecule has 0 saturated carbocycles. The molecule has 19 heavy (non-hydrogen) atoms. The van der Waals surface area contributed by atoms with Crippen LogP contribution in [0.4, 0.5) is 0 Å². The first-order valence-electron chi connectivity index (χ1n) is 6.36. The highest BCUT2D eigenvalue weighted by Crippen LogP contribution is 2.17. The van der Waals surface area contributed by atoms with E-state index in [0.717, 1.165) is 6.42 Å². The van der Waals surface area contributed by atoms with E-state index in [1.54, 1.807) is 22.8 Å². The van der Waals surface area contributed by atoms with Gasteiger partial charge < -0.3 is 9.67 Å². The number of aromatic carboxylic acids is 1. The number of para-hydroxylation sites is 1. The summed E-state index contributed by atoms with van der Waals surface area (Å²) in [6, 6.07) is 8.35. The quantitative estimate of drug-likeness (QED) is 0.918. The maximum absolute atomic E-state index is 12.1. The van der Waals surface area contributed by atoms with Gasteiger partial charge in [-0.2, -0.15) is 0 Å². The Balaban J connectivity index is 2.65. The molecule has 0 aliphatic carbocycles. The highest BCUT2D eigenvalue weighted by molar-refractivity contribution is 6.02. The summed E-state index contributed by atoms with van der Waals surface area (Å²) >= 11 is 0. The molecular formula is C15H17NO3. The van der Waals surface area contributed by atoms with Gasteiger partial charge in [0.1, 0.15) is 0 Å². The van der Waals surface area contributed by atoms with Crippen molar-refractivity contribution in [3.8, 4) is 0 Å². The van der Waals surface area contributed by atoms with Crippen LogP contribution in [0.5, 0.6) is 0 Å². The number of rotatable bonds is 4. The van der Waals surface area contributed by atoms with Crippen molar-refractivity contribution in [2.45, 2.75) is 26.8 Å². The van der Waals surface area contributed by atoms with Crippen LogP contribution in [0.25, 0.3) is 10.9 Å². The smallest absolute Gasteiger partial charge is 0.336 e. The average Bonchev–Trinajstić information content (AvgIpc) is 2.36. The Morgan fingerprint density at radius 1 is 1.32 bits per heavy atom. The fraction of sp³-hybridized carbons (Fsp3) is 0.333. The van der Waals surface area contributed by atoms with Gasteiger partial charge in [-0.15, -0.1) is 0 Å². The molecule has 0 saturated heterocycles. The Labute approximate surface area is 111 Å². The van der Waals surface area contributed by atoms with Gasteiger partial charge in [0.05, 0.1) is 11.1 Å². The monoisotopic (exact) mass is 259 g/mol. The third-order valence-corrected chi connectivity index (χ3v) is 3.18. The Morgan fingerprint density at radius 2 is 2.00 bits per heavy atom. The first-order valence-corrected chi connectivity index (χ1v) is 6.36.